The van der Waals surface area contributed by atoms with E-state index in [0.717, 1.165) is 24.1 Å². The van der Waals surface area contributed by atoms with E-state index < -0.39 is 0 Å². The summed E-state index contributed by atoms with van der Waals surface area (Å²) in [5.74, 6) is 1.59. The van der Waals surface area contributed by atoms with Crippen molar-refractivity contribution in [1.82, 2.24) is 15.5 Å². The van der Waals surface area contributed by atoms with E-state index in [1.807, 2.05) is 24.3 Å². The zero-order chi connectivity index (χ0) is 17.4. The molecule has 1 heterocycles. The summed E-state index contributed by atoms with van der Waals surface area (Å²) < 4.78 is 0. The van der Waals surface area contributed by atoms with Crippen molar-refractivity contribution < 1.29 is 0 Å². The van der Waals surface area contributed by atoms with E-state index in [-0.39, 0.29) is 0 Å². The van der Waals surface area contributed by atoms with Crippen molar-refractivity contribution in [2.75, 3.05) is 26.2 Å². The Bertz CT molecular complexity index is 513. The molecule has 1 aliphatic heterocycles. The number of guanidine groups is 1. The molecule has 0 aromatic heterocycles. The number of benzene rings is 1. The predicted octanol–water partition coefficient (Wildman–Crippen LogP) is 3.52. The number of nitrogens with zero attached hydrogens (tertiary/aromatic N) is 2. The topological polar surface area (TPSA) is 39.7 Å². The van der Waals surface area contributed by atoms with Crippen LogP contribution in [-0.2, 0) is 6.54 Å². The summed E-state index contributed by atoms with van der Waals surface area (Å²) in [5, 5.41) is 7.62. The lowest BCUT2D eigenvalue weighted by molar-refractivity contribution is 0.141. The van der Waals surface area contributed by atoms with Crippen LogP contribution in [0.2, 0.25) is 5.02 Å². The van der Waals surface area contributed by atoms with E-state index in [1.165, 1.54) is 31.5 Å². The highest BCUT2D eigenvalue weighted by atomic mass is 35.5. The first-order valence-electron chi connectivity index (χ1n) is 9.09. The van der Waals surface area contributed by atoms with Crippen molar-refractivity contribution in [1.29, 1.82) is 0 Å². The van der Waals surface area contributed by atoms with E-state index in [1.54, 1.807) is 0 Å². The fourth-order valence-corrected chi connectivity index (χ4v) is 3.20. The fraction of sp³-hybridized carbons (Fsp3) is 0.632. The van der Waals surface area contributed by atoms with Gasteiger partial charge in [0.2, 0.25) is 0 Å². The molecule has 1 atom stereocenters. The molecule has 0 amide bonds. The average Bonchev–Trinajstić information content (AvgIpc) is 2.59. The monoisotopic (exact) mass is 350 g/mol. The maximum atomic E-state index is 5.93. The Kier molecular flexibility index (Phi) is 7.86. The quantitative estimate of drug-likeness (QED) is 0.609. The summed E-state index contributed by atoms with van der Waals surface area (Å²) in [6.45, 7) is 11.6. The van der Waals surface area contributed by atoms with Gasteiger partial charge in [0.1, 0.15) is 0 Å². The number of halogens is 1. The Balaban J connectivity index is 1.86. The van der Waals surface area contributed by atoms with E-state index in [0.29, 0.717) is 18.5 Å². The first-order chi connectivity index (χ1) is 11.6. The SMILES string of the molecule is CCNC(=NCc1ccc(Cl)cc1)NCC1CCCN(C(C)C)C1. The zero-order valence-electron chi connectivity index (χ0n) is 15.2. The molecule has 0 saturated carbocycles. The van der Waals surface area contributed by atoms with Gasteiger partial charge in [0, 0.05) is 30.7 Å². The van der Waals surface area contributed by atoms with Gasteiger partial charge in [-0.3, -0.25) is 0 Å². The Morgan fingerprint density at radius 1 is 1.29 bits per heavy atom. The molecule has 1 saturated heterocycles. The molecule has 0 radical (unpaired) electrons. The van der Waals surface area contributed by atoms with Gasteiger partial charge in [-0.15, -0.1) is 0 Å². The van der Waals surface area contributed by atoms with Crippen LogP contribution in [0, 0.1) is 5.92 Å². The van der Waals surface area contributed by atoms with Gasteiger partial charge in [-0.2, -0.15) is 0 Å². The molecule has 1 aliphatic rings. The highest BCUT2D eigenvalue weighted by Gasteiger charge is 2.21. The summed E-state index contributed by atoms with van der Waals surface area (Å²) in [6.07, 6.45) is 2.59. The number of piperidine rings is 1. The van der Waals surface area contributed by atoms with E-state index >= 15 is 0 Å². The Morgan fingerprint density at radius 2 is 2.04 bits per heavy atom. The number of hydrogen-bond donors (Lipinski definition) is 2. The first-order valence-corrected chi connectivity index (χ1v) is 9.47. The Morgan fingerprint density at radius 3 is 2.71 bits per heavy atom. The van der Waals surface area contributed by atoms with Crippen LogP contribution >= 0.6 is 11.6 Å². The molecule has 2 rings (SSSR count). The average molecular weight is 351 g/mol. The molecule has 0 spiro atoms. The van der Waals surface area contributed by atoms with Crippen molar-refractivity contribution >= 4 is 17.6 Å². The third kappa shape index (κ3) is 6.33. The Hall–Kier alpha value is -1.26. The van der Waals surface area contributed by atoms with Crippen LogP contribution in [0.4, 0.5) is 0 Å². The van der Waals surface area contributed by atoms with Crippen LogP contribution < -0.4 is 10.6 Å². The lowest BCUT2D eigenvalue weighted by atomic mass is 9.97. The largest absolute Gasteiger partial charge is 0.357 e. The van der Waals surface area contributed by atoms with Crippen LogP contribution in [0.5, 0.6) is 0 Å². The molecule has 2 N–H and O–H groups in total. The summed E-state index contributed by atoms with van der Waals surface area (Å²) in [6, 6.07) is 8.51. The lowest BCUT2D eigenvalue weighted by Crippen LogP contribution is -2.46. The molecule has 1 unspecified atom stereocenters. The van der Waals surface area contributed by atoms with Gasteiger partial charge in [0.15, 0.2) is 5.96 Å². The highest BCUT2D eigenvalue weighted by molar-refractivity contribution is 6.30. The van der Waals surface area contributed by atoms with Crippen molar-refractivity contribution in [3.8, 4) is 0 Å². The molecule has 4 nitrogen and oxygen atoms in total. The number of nitrogens with one attached hydrogen (secondary N) is 2. The number of hydrogen-bond acceptors (Lipinski definition) is 2. The van der Waals surface area contributed by atoms with Gasteiger partial charge < -0.3 is 15.5 Å². The standard InChI is InChI=1S/C19H31ClN4/c1-4-21-19(22-12-16-7-9-18(20)10-8-16)23-13-17-6-5-11-24(14-17)15(2)3/h7-10,15,17H,4-6,11-14H2,1-3H3,(H2,21,22,23). The first kappa shape index (κ1) is 19.1. The summed E-state index contributed by atoms with van der Waals surface area (Å²) >= 11 is 5.93. The smallest absolute Gasteiger partial charge is 0.191 e. The number of aliphatic imine (C=N–C) groups is 1. The van der Waals surface area contributed by atoms with Crippen molar-refractivity contribution in [3.63, 3.8) is 0 Å². The Labute approximate surface area is 151 Å². The van der Waals surface area contributed by atoms with Crippen molar-refractivity contribution in [2.24, 2.45) is 10.9 Å². The highest BCUT2D eigenvalue weighted by Crippen LogP contribution is 2.17. The minimum Gasteiger partial charge on any atom is -0.357 e. The van der Waals surface area contributed by atoms with Gasteiger partial charge in [0.25, 0.3) is 0 Å². The molecule has 0 bridgehead atoms. The second-order valence-corrected chi connectivity index (χ2v) is 7.24. The summed E-state index contributed by atoms with van der Waals surface area (Å²) in [7, 11) is 0. The van der Waals surface area contributed by atoms with Crippen LogP contribution in [0.1, 0.15) is 39.2 Å². The van der Waals surface area contributed by atoms with E-state index in [2.05, 4.69) is 41.3 Å². The molecule has 0 aliphatic carbocycles. The molecule has 5 heteroatoms. The molecule has 1 aromatic rings. The van der Waals surface area contributed by atoms with Gasteiger partial charge in [-0.25, -0.2) is 4.99 Å². The number of likely N-dealkylation sites (tertiary alicyclic amines) is 1. The van der Waals surface area contributed by atoms with Gasteiger partial charge in [-0.1, -0.05) is 23.7 Å². The molecular weight excluding hydrogens is 320 g/mol. The summed E-state index contributed by atoms with van der Waals surface area (Å²) in [4.78, 5) is 7.27. The normalized spacial score (nSPS) is 19.5. The minimum atomic E-state index is 0.639. The van der Waals surface area contributed by atoms with Gasteiger partial charge in [0.05, 0.1) is 6.54 Å². The molecule has 1 aromatic carbocycles. The molecule has 1 fully saturated rings. The van der Waals surface area contributed by atoms with Crippen LogP contribution in [0.3, 0.4) is 0 Å². The minimum absolute atomic E-state index is 0.639. The number of rotatable bonds is 6. The van der Waals surface area contributed by atoms with Crippen LogP contribution in [0.25, 0.3) is 0 Å². The fourth-order valence-electron chi connectivity index (χ4n) is 3.08. The van der Waals surface area contributed by atoms with Crippen LogP contribution in [-0.4, -0.2) is 43.1 Å². The second-order valence-electron chi connectivity index (χ2n) is 6.80. The van der Waals surface area contributed by atoms with E-state index in [4.69, 9.17) is 11.6 Å². The molecular formula is C19H31ClN4. The van der Waals surface area contributed by atoms with E-state index in [9.17, 15) is 0 Å². The van der Waals surface area contributed by atoms with Crippen LogP contribution in [0.15, 0.2) is 29.3 Å². The van der Waals surface area contributed by atoms with Gasteiger partial charge >= 0.3 is 0 Å². The maximum Gasteiger partial charge on any atom is 0.191 e. The maximum absolute atomic E-state index is 5.93. The van der Waals surface area contributed by atoms with Gasteiger partial charge in [-0.05, 0) is 63.8 Å². The summed E-state index contributed by atoms with van der Waals surface area (Å²) in [5.41, 5.74) is 1.17. The van der Waals surface area contributed by atoms with Crippen molar-refractivity contribution in [2.45, 2.75) is 46.2 Å². The molecule has 134 valence electrons. The predicted molar refractivity (Wildman–Crippen MR) is 104 cm³/mol. The second kappa shape index (κ2) is 9.90. The molecule has 24 heavy (non-hydrogen) atoms. The lowest BCUT2D eigenvalue weighted by Gasteiger charge is -2.35. The van der Waals surface area contributed by atoms with Crippen molar-refractivity contribution in [3.05, 3.63) is 34.9 Å². The zero-order valence-corrected chi connectivity index (χ0v) is 15.9. The third-order valence-electron chi connectivity index (χ3n) is 4.52. The third-order valence-corrected chi connectivity index (χ3v) is 4.77.